The normalized spacial score (nSPS) is 15.8. The fourth-order valence-corrected chi connectivity index (χ4v) is 4.71. The Morgan fingerprint density at radius 3 is 2.68 bits per heavy atom. The number of pyridine rings is 1. The van der Waals surface area contributed by atoms with Crippen LogP contribution in [0.5, 0.6) is 11.6 Å². The molecule has 0 bridgehead atoms. The number of aromatic nitrogens is 3. The van der Waals surface area contributed by atoms with E-state index in [9.17, 15) is 26.4 Å². The topological polar surface area (TPSA) is 104 Å². The number of hydrogen-bond acceptors (Lipinski definition) is 7. The van der Waals surface area contributed by atoms with Crippen LogP contribution in [0.1, 0.15) is 24.5 Å². The lowest BCUT2D eigenvalue weighted by atomic mass is 9.92. The van der Waals surface area contributed by atoms with Gasteiger partial charge in [-0.25, -0.2) is 18.2 Å². The van der Waals surface area contributed by atoms with E-state index in [-0.39, 0.29) is 24.1 Å². The summed E-state index contributed by atoms with van der Waals surface area (Å²) < 4.78 is 76.5. The van der Waals surface area contributed by atoms with E-state index in [2.05, 4.69) is 10.1 Å². The summed E-state index contributed by atoms with van der Waals surface area (Å²) in [6.07, 6.45) is 1.01. The number of rotatable bonds is 6. The second kappa shape index (κ2) is 10.0. The molecule has 0 radical (unpaired) electrons. The van der Waals surface area contributed by atoms with Gasteiger partial charge in [-0.2, -0.15) is 18.3 Å². The van der Waals surface area contributed by atoms with Crippen LogP contribution >= 0.6 is 0 Å². The molecule has 198 valence electrons. The molecule has 4 rings (SSSR count). The Morgan fingerprint density at radius 1 is 1.24 bits per heavy atom. The highest BCUT2D eigenvalue weighted by molar-refractivity contribution is 7.90. The summed E-state index contributed by atoms with van der Waals surface area (Å²) in [5, 5.41) is 4.20. The number of carbonyl (C=O) groups is 1. The number of benzene rings is 1. The quantitative estimate of drug-likeness (QED) is 0.448. The summed E-state index contributed by atoms with van der Waals surface area (Å²) >= 11 is 0. The van der Waals surface area contributed by atoms with Gasteiger partial charge in [0.1, 0.15) is 21.2 Å². The maximum atomic E-state index is 13.7. The van der Waals surface area contributed by atoms with Crippen molar-refractivity contribution in [1.29, 1.82) is 0 Å². The predicted octanol–water partition coefficient (Wildman–Crippen LogP) is 4.71. The van der Waals surface area contributed by atoms with E-state index in [1.807, 2.05) is 6.92 Å². The zero-order chi connectivity index (χ0) is 27.0. The Balaban J connectivity index is 1.86. The van der Waals surface area contributed by atoms with Crippen molar-refractivity contribution in [3.05, 3.63) is 54.0 Å². The maximum absolute atomic E-state index is 13.7. The fraction of sp³-hybridized carbons (Fsp3) is 0.375. The molecule has 0 spiro atoms. The molecule has 37 heavy (non-hydrogen) atoms. The monoisotopic (exact) mass is 538 g/mol. The van der Waals surface area contributed by atoms with Crippen molar-refractivity contribution in [2.45, 2.75) is 38.5 Å². The number of amides is 1. The standard InChI is InChI=1S/C24H25F3N4O5S/c1-15-6-7-18-20(31(15)23(32)35-2)9-8-17(16-13-29-30(14-16)11-12-37(3,33)34)21(18)36-22-19(24(25,26)27)5-4-10-28-22/h4-5,8-10,13-15H,6-7,11-12H2,1-3H3. The Kier molecular flexibility index (Phi) is 7.18. The molecule has 1 aliphatic heterocycles. The summed E-state index contributed by atoms with van der Waals surface area (Å²) in [5.41, 5.74) is 0.847. The zero-order valence-electron chi connectivity index (χ0n) is 20.3. The van der Waals surface area contributed by atoms with E-state index < -0.39 is 33.6 Å². The third-order valence-electron chi connectivity index (χ3n) is 6.03. The number of anilines is 1. The first-order valence-corrected chi connectivity index (χ1v) is 13.4. The molecule has 9 nitrogen and oxygen atoms in total. The molecule has 13 heteroatoms. The Labute approximate surface area is 211 Å². The lowest BCUT2D eigenvalue weighted by Gasteiger charge is -2.35. The van der Waals surface area contributed by atoms with E-state index in [1.54, 1.807) is 18.3 Å². The second-order valence-electron chi connectivity index (χ2n) is 8.75. The van der Waals surface area contributed by atoms with Crippen LogP contribution in [0.3, 0.4) is 0 Å². The molecular formula is C24H25F3N4O5S. The number of methoxy groups -OCH3 is 1. The summed E-state index contributed by atoms with van der Waals surface area (Å²) in [5.74, 6) is -0.654. The molecule has 1 amide bonds. The number of aryl methyl sites for hydroxylation is 1. The molecule has 0 N–H and O–H groups in total. The van der Waals surface area contributed by atoms with Gasteiger partial charge in [0.15, 0.2) is 0 Å². The number of nitrogens with zero attached hydrogens (tertiary/aromatic N) is 4. The van der Waals surface area contributed by atoms with E-state index in [4.69, 9.17) is 9.47 Å². The van der Waals surface area contributed by atoms with Gasteiger partial charge in [-0.05, 0) is 44.0 Å². The Morgan fingerprint density at radius 2 is 2.00 bits per heavy atom. The SMILES string of the molecule is COC(=O)N1c2ccc(-c3cnn(CCS(C)(=O)=O)c3)c(Oc3ncccc3C(F)(F)F)c2CCC1C. The van der Waals surface area contributed by atoms with Gasteiger partial charge in [0.2, 0.25) is 5.88 Å². The smallest absolute Gasteiger partial charge is 0.421 e. The van der Waals surface area contributed by atoms with Gasteiger partial charge in [-0.1, -0.05) is 0 Å². The summed E-state index contributed by atoms with van der Waals surface area (Å²) in [7, 11) is -1.98. The van der Waals surface area contributed by atoms with Crippen molar-refractivity contribution in [2.24, 2.45) is 0 Å². The van der Waals surface area contributed by atoms with E-state index in [0.717, 1.165) is 12.3 Å². The van der Waals surface area contributed by atoms with Gasteiger partial charge in [0.05, 0.1) is 31.3 Å². The van der Waals surface area contributed by atoms with Crippen molar-refractivity contribution in [3.8, 4) is 22.8 Å². The van der Waals surface area contributed by atoms with Crippen LogP contribution in [0.15, 0.2) is 42.9 Å². The number of hydrogen-bond donors (Lipinski definition) is 0. The molecule has 0 aliphatic carbocycles. The minimum atomic E-state index is -4.71. The van der Waals surface area contributed by atoms with Gasteiger partial charge >= 0.3 is 12.3 Å². The number of carbonyl (C=O) groups excluding carboxylic acids is 1. The molecule has 1 aliphatic rings. The first-order valence-electron chi connectivity index (χ1n) is 11.3. The minimum absolute atomic E-state index is 0.102. The van der Waals surface area contributed by atoms with E-state index in [0.29, 0.717) is 35.2 Å². The van der Waals surface area contributed by atoms with Crippen LogP contribution in [-0.2, 0) is 33.7 Å². The van der Waals surface area contributed by atoms with Crippen LogP contribution in [0.25, 0.3) is 11.1 Å². The molecule has 3 aromatic rings. The largest absolute Gasteiger partial charge is 0.452 e. The molecule has 0 saturated carbocycles. The van der Waals surface area contributed by atoms with E-state index in [1.165, 1.54) is 35.2 Å². The summed E-state index contributed by atoms with van der Waals surface area (Å²) in [6, 6.07) is 5.14. The molecule has 0 fully saturated rings. The van der Waals surface area contributed by atoms with E-state index >= 15 is 0 Å². The van der Waals surface area contributed by atoms with Crippen molar-refractivity contribution >= 4 is 21.6 Å². The minimum Gasteiger partial charge on any atom is -0.452 e. The van der Waals surface area contributed by atoms with Gasteiger partial charge in [-0.15, -0.1) is 0 Å². The lowest BCUT2D eigenvalue weighted by Crippen LogP contribution is -2.42. The first kappa shape index (κ1) is 26.5. The van der Waals surface area contributed by atoms with Crippen molar-refractivity contribution in [3.63, 3.8) is 0 Å². The summed E-state index contributed by atoms with van der Waals surface area (Å²) in [6.45, 7) is 1.95. The number of fused-ring (bicyclic) bond motifs is 1. The van der Waals surface area contributed by atoms with Gasteiger partial charge < -0.3 is 9.47 Å². The average Bonchev–Trinajstić information content (AvgIpc) is 3.30. The van der Waals surface area contributed by atoms with Crippen LogP contribution in [0, 0.1) is 0 Å². The van der Waals surface area contributed by atoms with Gasteiger partial charge in [-0.3, -0.25) is 9.58 Å². The lowest BCUT2D eigenvalue weighted by molar-refractivity contribution is -0.138. The van der Waals surface area contributed by atoms with Crippen molar-refractivity contribution in [1.82, 2.24) is 14.8 Å². The fourth-order valence-electron chi connectivity index (χ4n) is 4.19. The average molecular weight is 539 g/mol. The van der Waals surface area contributed by atoms with Crippen molar-refractivity contribution in [2.75, 3.05) is 24.0 Å². The third-order valence-corrected chi connectivity index (χ3v) is 6.95. The maximum Gasteiger partial charge on any atom is 0.421 e. The number of halogens is 3. The highest BCUT2D eigenvalue weighted by Gasteiger charge is 2.37. The Bertz CT molecular complexity index is 1420. The van der Waals surface area contributed by atoms with Crippen LogP contribution < -0.4 is 9.64 Å². The third kappa shape index (κ3) is 5.71. The molecule has 1 aromatic carbocycles. The van der Waals surface area contributed by atoms with Crippen LogP contribution in [0.2, 0.25) is 0 Å². The Hall–Kier alpha value is -3.61. The van der Waals surface area contributed by atoms with Crippen molar-refractivity contribution < 1.29 is 35.9 Å². The summed E-state index contributed by atoms with van der Waals surface area (Å²) in [4.78, 5) is 17.8. The molecule has 0 saturated heterocycles. The highest BCUT2D eigenvalue weighted by Crippen LogP contribution is 2.46. The molecular weight excluding hydrogens is 513 g/mol. The molecule has 1 atom stereocenters. The molecule has 1 unspecified atom stereocenters. The number of alkyl halides is 3. The first-order chi connectivity index (χ1) is 17.4. The molecule has 3 heterocycles. The van der Waals surface area contributed by atoms with Gasteiger partial charge in [0, 0.05) is 41.4 Å². The predicted molar refractivity (Wildman–Crippen MR) is 129 cm³/mol. The van der Waals surface area contributed by atoms with Crippen LogP contribution in [0.4, 0.5) is 23.7 Å². The van der Waals surface area contributed by atoms with Crippen LogP contribution in [-0.4, -0.2) is 54.4 Å². The number of sulfone groups is 1. The zero-order valence-corrected chi connectivity index (χ0v) is 21.1. The molecule has 2 aromatic heterocycles. The highest BCUT2D eigenvalue weighted by atomic mass is 32.2. The van der Waals surface area contributed by atoms with Gasteiger partial charge in [0.25, 0.3) is 0 Å². The second-order valence-corrected chi connectivity index (χ2v) is 11.0. The number of ether oxygens (including phenoxy) is 2.